The number of halogens is 2. The zero-order valence-corrected chi connectivity index (χ0v) is 23.9. The smallest absolute Gasteiger partial charge is 0.262 e. The van der Waals surface area contributed by atoms with E-state index in [1.807, 2.05) is 106 Å². The summed E-state index contributed by atoms with van der Waals surface area (Å²) in [5.74, 6) is -1.29. The van der Waals surface area contributed by atoms with Gasteiger partial charge in [0.15, 0.2) is 0 Å². The van der Waals surface area contributed by atoms with Crippen molar-refractivity contribution in [1.29, 1.82) is 0 Å². The van der Waals surface area contributed by atoms with E-state index < -0.39 is 12.0 Å². The number of nitrogens with one attached hydrogen (secondary N) is 2. The van der Waals surface area contributed by atoms with Crippen molar-refractivity contribution in [1.82, 2.24) is 10.7 Å². The van der Waals surface area contributed by atoms with Gasteiger partial charge in [-0.15, -0.1) is 0 Å². The molecule has 0 spiro atoms. The van der Waals surface area contributed by atoms with Crippen LogP contribution in [0.1, 0.15) is 36.5 Å². The molecule has 0 saturated carbocycles. The van der Waals surface area contributed by atoms with Gasteiger partial charge in [0.05, 0.1) is 17.8 Å². The lowest BCUT2D eigenvalue weighted by atomic mass is 9.89. The van der Waals surface area contributed by atoms with Gasteiger partial charge in [-0.1, -0.05) is 74.5 Å². The standard InChI is InChI=1S/C28H30Br2N4O2/c1-18(2)25(28(36)33-31-17-19-15-22(29)26(34(3)4)23(30)16-19)32-27(35)24(20-11-7-5-8-12-20)21-13-9-6-10-14-21/h5-18,24-25H,1-4H3,(H,32,35)(H,33,36)/b31-17-/t25-/m0/s1. The third-order valence-corrected chi connectivity index (χ3v) is 6.86. The Kier molecular flexibility index (Phi) is 9.84. The molecule has 0 fully saturated rings. The van der Waals surface area contributed by atoms with Crippen LogP contribution in [-0.4, -0.2) is 38.2 Å². The highest BCUT2D eigenvalue weighted by Gasteiger charge is 2.29. The van der Waals surface area contributed by atoms with Crippen LogP contribution in [0.2, 0.25) is 0 Å². The summed E-state index contributed by atoms with van der Waals surface area (Å²) in [6, 6.07) is 22.2. The highest BCUT2D eigenvalue weighted by Crippen LogP contribution is 2.34. The first-order valence-electron chi connectivity index (χ1n) is 11.6. The van der Waals surface area contributed by atoms with E-state index in [0.717, 1.165) is 31.3 Å². The first-order chi connectivity index (χ1) is 17.2. The highest BCUT2D eigenvalue weighted by atomic mass is 79.9. The number of hydrazone groups is 1. The van der Waals surface area contributed by atoms with Gasteiger partial charge in [0.1, 0.15) is 6.04 Å². The van der Waals surface area contributed by atoms with Crippen molar-refractivity contribution in [2.24, 2.45) is 11.0 Å². The van der Waals surface area contributed by atoms with Gasteiger partial charge in [-0.05, 0) is 66.6 Å². The van der Waals surface area contributed by atoms with E-state index in [4.69, 9.17) is 0 Å². The van der Waals surface area contributed by atoms with Crippen molar-refractivity contribution >= 4 is 55.6 Å². The Labute approximate surface area is 229 Å². The first-order valence-corrected chi connectivity index (χ1v) is 13.2. The van der Waals surface area contributed by atoms with Crippen LogP contribution in [0, 0.1) is 5.92 Å². The Morgan fingerprint density at radius 3 is 1.81 bits per heavy atom. The minimum Gasteiger partial charge on any atom is -0.376 e. The second-order valence-electron chi connectivity index (χ2n) is 8.95. The Bertz CT molecular complexity index is 1150. The Morgan fingerprint density at radius 1 is 0.861 bits per heavy atom. The van der Waals surface area contributed by atoms with Gasteiger partial charge in [0, 0.05) is 23.0 Å². The molecule has 3 aromatic rings. The van der Waals surface area contributed by atoms with Gasteiger partial charge >= 0.3 is 0 Å². The van der Waals surface area contributed by atoms with Crippen molar-refractivity contribution in [3.05, 3.63) is 98.4 Å². The second-order valence-corrected chi connectivity index (χ2v) is 10.7. The van der Waals surface area contributed by atoms with Gasteiger partial charge in [0.2, 0.25) is 5.91 Å². The SMILES string of the molecule is CC(C)[C@H](NC(=O)C(c1ccccc1)c1ccccc1)C(=O)N/N=C\c1cc(Br)c(N(C)C)c(Br)c1. The average molecular weight is 614 g/mol. The third-order valence-electron chi connectivity index (χ3n) is 5.65. The maximum Gasteiger partial charge on any atom is 0.262 e. The second kappa shape index (κ2) is 12.8. The van der Waals surface area contributed by atoms with E-state index in [9.17, 15) is 9.59 Å². The molecule has 3 aromatic carbocycles. The lowest BCUT2D eigenvalue weighted by molar-refractivity contribution is -0.130. The third kappa shape index (κ3) is 7.04. The summed E-state index contributed by atoms with van der Waals surface area (Å²) in [7, 11) is 3.92. The summed E-state index contributed by atoms with van der Waals surface area (Å²) in [5, 5.41) is 7.09. The highest BCUT2D eigenvalue weighted by molar-refractivity contribution is 9.11. The molecule has 188 valence electrons. The summed E-state index contributed by atoms with van der Waals surface area (Å²) in [4.78, 5) is 28.5. The monoisotopic (exact) mass is 612 g/mol. The molecule has 0 aliphatic heterocycles. The maximum atomic E-state index is 13.5. The van der Waals surface area contributed by atoms with Crippen molar-refractivity contribution in [2.45, 2.75) is 25.8 Å². The lowest BCUT2D eigenvalue weighted by Crippen LogP contribution is -2.50. The minimum atomic E-state index is -0.751. The summed E-state index contributed by atoms with van der Waals surface area (Å²) in [5.41, 5.74) is 6.12. The molecule has 0 aliphatic carbocycles. The topological polar surface area (TPSA) is 73.8 Å². The van der Waals surface area contributed by atoms with E-state index in [1.54, 1.807) is 6.21 Å². The number of hydrogen-bond acceptors (Lipinski definition) is 4. The number of benzene rings is 3. The molecule has 6 nitrogen and oxygen atoms in total. The summed E-state index contributed by atoms with van der Waals surface area (Å²) >= 11 is 7.15. The fourth-order valence-corrected chi connectivity index (χ4v) is 5.82. The van der Waals surface area contributed by atoms with Gasteiger partial charge < -0.3 is 10.2 Å². The zero-order chi connectivity index (χ0) is 26.2. The van der Waals surface area contributed by atoms with Crippen LogP contribution in [0.25, 0.3) is 0 Å². The number of carbonyl (C=O) groups excluding carboxylic acids is 2. The molecule has 3 rings (SSSR count). The quantitative estimate of drug-likeness (QED) is 0.240. The Hall–Kier alpha value is -2.97. The molecule has 0 saturated heterocycles. The van der Waals surface area contributed by atoms with Crippen molar-refractivity contribution < 1.29 is 9.59 Å². The van der Waals surface area contributed by atoms with E-state index in [-0.39, 0.29) is 17.7 Å². The molecule has 8 heteroatoms. The molecule has 2 N–H and O–H groups in total. The van der Waals surface area contributed by atoms with Crippen LogP contribution in [-0.2, 0) is 9.59 Å². The maximum absolute atomic E-state index is 13.5. The number of nitrogens with zero attached hydrogens (tertiary/aromatic N) is 2. The van der Waals surface area contributed by atoms with Crippen LogP contribution in [0.3, 0.4) is 0 Å². The average Bonchev–Trinajstić information content (AvgIpc) is 2.83. The molecule has 0 radical (unpaired) electrons. The normalized spacial score (nSPS) is 12.1. The number of carbonyl (C=O) groups is 2. The number of rotatable bonds is 9. The van der Waals surface area contributed by atoms with Crippen LogP contribution < -0.4 is 15.6 Å². The molecule has 0 aliphatic rings. The van der Waals surface area contributed by atoms with E-state index in [1.165, 1.54) is 0 Å². The van der Waals surface area contributed by atoms with Crippen molar-refractivity contribution in [3.8, 4) is 0 Å². The number of amides is 2. The molecule has 0 bridgehead atoms. The van der Waals surface area contributed by atoms with E-state index in [0.29, 0.717) is 0 Å². The first kappa shape index (κ1) is 27.6. The molecular formula is C28H30Br2N4O2. The molecular weight excluding hydrogens is 584 g/mol. The lowest BCUT2D eigenvalue weighted by Gasteiger charge is -2.24. The fourth-order valence-electron chi connectivity index (χ4n) is 3.88. The fraction of sp³-hybridized carbons (Fsp3) is 0.250. The van der Waals surface area contributed by atoms with E-state index >= 15 is 0 Å². The predicted molar refractivity (Wildman–Crippen MR) is 153 cm³/mol. The van der Waals surface area contributed by atoms with Crippen molar-refractivity contribution in [2.75, 3.05) is 19.0 Å². The molecule has 2 amide bonds. The van der Waals surface area contributed by atoms with Gasteiger partial charge in [-0.2, -0.15) is 5.10 Å². The largest absolute Gasteiger partial charge is 0.376 e. The zero-order valence-electron chi connectivity index (χ0n) is 20.7. The Balaban J connectivity index is 1.76. The van der Waals surface area contributed by atoms with Gasteiger partial charge in [-0.25, -0.2) is 5.43 Å². The summed E-state index contributed by atoms with van der Waals surface area (Å²) < 4.78 is 1.80. The molecule has 0 aromatic heterocycles. The predicted octanol–water partition coefficient (Wildman–Crippen LogP) is 5.70. The minimum absolute atomic E-state index is 0.140. The van der Waals surface area contributed by atoms with Crippen LogP contribution >= 0.6 is 31.9 Å². The van der Waals surface area contributed by atoms with Crippen LogP contribution in [0.4, 0.5) is 5.69 Å². The van der Waals surface area contributed by atoms with Crippen LogP contribution in [0.5, 0.6) is 0 Å². The van der Waals surface area contributed by atoms with Crippen LogP contribution in [0.15, 0.2) is 86.8 Å². The van der Waals surface area contributed by atoms with E-state index in [2.05, 4.69) is 47.7 Å². The number of anilines is 1. The van der Waals surface area contributed by atoms with Gasteiger partial charge in [0.25, 0.3) is 5.91 Å². The summed E-state index contributed by atoms with van der Waals surface area (Å²) in [6.07, 6.45) is 1.57. The molecule has 36 heavy (non-hydrogen) atoms. The molecule has 1 atom stereocenters. The Morgan fingerprint density at radius 2 is 1.36 bits per heavy atom. The molecule has 0 heterocycles. The summed E-state index contributed by atoms with van der Waals surface area (Å²) in [6.45, 7) is 3.78. The van der Waals surface area contributed by atoms with Crippen molar-refractivity contribution in [3.63, 3.8) is 0 Å². The number of hydrogen-bond donors (Lipinski definition) is 2. The molecule has 0 unspecified atom stereocenters. The van der Waals surface area contributed by atoms with Gasteiger partial charge in [-0.3, -0.25) is 9.59 Å².